The molecule has 0 aliphatic rings. The molecule has 0 spiro atoms. The molecule has 148 valence electrons. The summed E-state index contributed by atoms with van der Waals surface area (Å²) in [6.07, 6.45) is 0. The number of amides is 1. The van der Waals surface area contributed by atoms with Gasteiger partial charge in [-0.3, -0.25) is 4.79 Å². The Morgan fingerprint density at radius 2 is 2.03 bits per heavy atom. The molecule has 8 heteroatoms. The number of anilines is 1. The number of hydrogen-bond donors (Lipinski definition) is 2. The number of benzene rings is 1. The highest BCUT2D eigenvalue weighted by Crippen LogP contribution is 2.40. The Morgan fingerprint density at radius 3 is 2.72 bits per heavy atom. The molecule has 6 nitrogen and oxygen atoms in total. The second-order valence-corrected chi connectivity index (χ2v) is 8.71. The van der Waals surface area contributed by atoms with Gasteiger partial charge in [-0.25, -0.2) is 9.97 Å². The highest BCUT2D eigenvalue weighted by Gasteiger charge is 2.23. The lowest BCUT2D eigenvalue weighted by atomic mass is 10.1. The van der Waals surface area contributed by atoms with Crippen LogP contribution in [0.1, 0.15) is 23.5 Å². The molecule has 3 aromatic heterocycles. The van der Waals surface area contributed by atoms with Crippen molar-refractivity contribution in [2.45, 2.75) is 19.9 Å². The molecule has 1 aromatic carbocycles. The minimum absolute atomic E-state index is 0.0118. The lowest BCUT2D eigenvalue weighted by molar-refractivity contribution is 0.0948. The Balaban J connectivity index is 1.98. The number of nitrogen functional groups attached to an aromatic ring is 1. The van der Waals surface area contributed by atoms with Gasteiger partial charge in [0.25, 0.3) is 5.91 Å². The van der Waals surface area contributed by atoms with E-state index in [1.54, 1.807) is 18.4 Å². The van der Waals surface area contributed by atoms with Crippen molar-refractivity contribution in [2.75, 3.05) is 12.8 Å². The predicted octanol–water partition coefficient (Wildman–Crippen LogP) is 4.82. The topological polar surface area (TPSA) is 90.1 Å². The van der Waals surface area contributed by atoms with E-state index in [0.717, 1.165) is 16.2 Å². The minimum atomic E-state index is -0.199. The van der Waals surface area contributed by atoms with Crippen molar-refractivity contribution >= 4 is 44.5 Å². The maximum absolute atomic E-state index is 12.7. The van der Waals surface area contributed by atoms with Crippen LogP contribution >= 0.6 is 22.7 Å². The zero-order chi connectivity index (χ0) is 20.5. The lowest BCUT2D eigenvalue weighted by Gasteiger charge is -2.09. The van der Waals surface area contributed by atoms with Gasteiger partial charge in [0.05, 0.1) is 28.8 Å². The van der Waals surface area contributed by atoms with Crippen molar-refractivity contribution in [1.82, 2.24) is 15.3 Å². The van der Waals surface area contributed by atoms with Gasteiger partial charge in [-0.15, -0.1) is 22.7 Å². The molecule has 4 rings (SSSR count). The molecule has 0 fully saturated rings. The van der Waals surface area contributed by atoms with E-state index in [1.165, 1.54) is 11.3 Å². The van der Waals surface area contributed by atoms with Crippen molar-refractivity contribution in [1.29, 1.82) is 0 Å². The Hall–Kier alpha value is -2.97. The number of carbonyl (C=O) groups is 1. The third-order valence-electron chi connectivity index (χ3n) is 4.30. The van der Waals surface area contributed by atoms with Crippen LogP contribution < -0.4 is 15.8 Å². The number of fused-ring (bicyclic) bond motifs is 1. The van der Waals surface area contributed by atoms with Crippen LogP contribution in [0.2, 0.25) is 0 Å². The second-order valence-electron chi connectivity index (χ2n) is 6.76. The summed E-state index contributed by atoms with van der Waals surface area (Å²) < 4.78 is 5.37. The quantitative estimate of drug-likeness (QED) is 0.479. The van der Waals surface area contributed by atoms with Crippen LogP contribution in [0.3, 0.4) is 0 Å². The Morgan fingerprint density at radius 1 is 1.21 bits per heavy atom. The molecule has 0 radical (unpaired) electrons. The number of methoxy groups -OCH3 is 1. The minimum Gasteiger partial charge on any atom is -0.497 e. The molecule has 1 amide bonds. The number of hydrogen-bond acceptors (Lipinski definition) is 7. The summed E-state index contributed by atoms with van der Waals surface area (Å²) in [6.45, 7) is 3.83. The van der Waals surface area contributed by atoms with Gasteiger partial charge in [-0.05, 0) is 37.4 Å². The molecular formula is C21H20N4O2S2. The lowest BCUT2D eigenvalue weighted by Crippen LogP contribution is -2.29. The maximum Gasteiger partial charge on any atom is 0.263 e. The summed E-state index contributed by atoms with van der Waals surface area (Å²) in [7, 11) is 1.62. The van der Waals surface area contributed by atoms with Crippen LogP contribution in [0.25, 0.3) is 32.2 Å². The van der Waals surface area contributed by atoms with Crippen LogP contribution in [-0.4, -0.2) is 29.0 Å². The fraction of sp³-hybridized carbons (Fsp3) is 0.190. The summed E-state index contributed by atoms with van der Waals surface area (Å²) in [6, 6.07) is 11.6. The SMILES string of the molecule is COc1cccc(-c2nc(-c3cccs3)nc3sc(C(=O)NC(C)C)c(N)c23)c1. The van der Waals surface area contributed by atoms with Gasteiger partial charge in [0.15, 0.2) is 5.82 Å². The van der Waals surface area contributed by atoms with Crippen molar-refractivity contribution in [3.8, 4) is 27.7 Å². The van der Waals surface area contributed by atoms with Gasteiger partial charge in [0.2, 0.25) is 0 Å². The average Bonchev–Trinajstić information content (AvgIpc) is 3.35. The van der Waals surface area contributed by atoms with Crippen molar-refractivity contribution in [2.24, 2.45) is 0 Å². The van der Waals surface area contributed by atoms with Gasteiger partial charge in [-0.2, -0.15) is 0 Å². The molecule has 3 heterocycles. The normalized spacial score (nSPS) is 11.2. The summed E-state index contributed by atoms with van der Waals surface area (Å²) in [5.74, 6) is 1.13. The molecule has 0 bridgehead atoms. The van der Waals surface area contributed by atoms with Crippen molar-refractivity contribution in [3.63, 3.8) is 0 Å². The zero-order valence-electron chi connectivity index (χ0n) is 16.2. The fourth-order valence-corrected chi connectivity index (χ4v) is 4.67. The molecular weight excluding hydrogens is 404 g/mol. The van der Waals surface area contributed by atoms with E-state index in [0.29, 0.717) is 32.3 Å². The van der Waals surface area contributed by atoms with Crippen LogP contribution in [0.4, 0.5) is 5.69 Å². The van der Waals surface area contributed by atoms with Crippen molar-refractivity contribution in [3.05, 3.63) is 46.7 Å². The van der Waals surface area contributed by atoms with Gasteiger partial charge in [0.1, 0.15) is 15.5 Å². The fourth-order valence-electron chi connectivity index (χ4n) is 3.01. The van der Waals surface area contributed by atoms with E-state index in [4.69, 9.17) is 20.4 Å². The molecule has 29 heavy (non-hydrogen) atoms. The number of nitrogens with one attached hydrogen (secondary N) is 1. The highest BCUT2D eigenvalue weighted by atomic mass is 32.1. The van der Waals surface area contributed by atoms with E-state index >= 15 is 0 Å². The molecule has 0 saturated heterocycles. The number of rotatable bonds is 5. The summed E-state index contributed by atoms with van der Waals surface area (Å²) in [5.41, 5.74) is 8.38. The maximum atomic E-state index is 12.7. The van der Waals surface area contributed by atoms with Crippen LogP contribution in [0.15, 0.2) is 41.8 Å². The third-order valence-corrected chi connectivity index (χ3v) is 6.26. The van der Waals surface area contributed by atoms with Gasteiger partial charge in [-0.1, -0.05) is 18.2 Å². The number of ether oxygens (including phenoxy) is 1. The summed E-state index contributed by atoms with van der Waals surface area (Å²) in [4.78, 5) is 24.3. The molecule has 4 aromatic rings. The number of nitrogens with zero attached hydrogens (tertiary/aromatic N) is 2. The molecule has 0 saturated carbocycles. The molecule has 0 unspecified atom stereocenters. The average molecular weight is 425 g/mol. The van der Waals surface area contributed by atoms with Crippen LogP contribution in [-0.2, 0) is 0 Å². The molecule has 0 aliphatic carbocycles. The smallest absolute Gasteiger partial charge is 0.263 e. The summed E-state index contributed by atoms with van der Waals surface area (Å²) >= 11 is 2.86. The molecule has 3 N–H and O–H groups in total. The number of aromatic nitrogens is 2. The van der Waals surface area contributed by atoms with Crippen molar-refractivity contribution < 1.29 is 9.53 Å². The second kappa shape index (κ2) is 7.81. The van der Waals surface area contributed by atoms with E-state index in [1.807, 2.05) is 55.6 Å². The number of nitrogens with two attached hydrogens (primary N) is 1. The first kappa shape index (κ1) is 19.4. The zero-order valence-corrected chi connectivity index (χ0v) is 17.9. The largest absolute Gasteiger partial charge is 0.497 e. The first-order valence-electron chi connectivity index (χ1n) is 9.07. The Labute approximate surface area is 176 Å². The highest BCUT2D eigenvalue weighted by molar-refractivity contribution is 7.21. The van der Waals surface area contributed by atoms with Gasteiger partial charge in [0, 0.05) is 11.6 Å². The van der Waals surface area contributed by atoms with E-state index < -0.39 is 0 Å². The standard InChI is InChI=1S/C21H20N4O2S2/c1-11(2)23-20(26)18-16(22)15-17(12-6-4-7-13(10-12)27-3)24-19(25-21(15)29-18)14-8-5-9-28-14/h4-11H,22H2,1-3H3,(H,23,26). The van der Waals surface area contributed by atoms with Crippen LogP contribution in [0.5, 0.6) is 5.75 Å². The van der Waals surface area contributed by atoms with Gasteiger partial charge < -0.3 is 15.8 Å². The van der Waals surface area contributed by atoms with Gasteiger partial charge >= 0.3 is 0 Å². The predicted molar refractivity (Wildman–Crippen MR) is 120 cm³/mol. The van der Waals surface area contributed by atoms with E-state index in [2.05, 4.69) is 5.32 Å². The summed E-state index contributed by atoms with van der Waals surface area (Å²) in [5, 5.41) is 5.58. The molecule has 0 aliphatic heterocycles. The van der Waals surface area contributed by atoms with E-state index in [9.17, 15) is 4.79 Å². The first-order valence-corrected chi connectivity index (χ1v) is 10.8. The molecule has 0 atom stereocenters. The Bertz CT molecular complexity index is 1180. The third kappa shape index (κ3) is 3.68. The Kier molecular flexibility index (Phi) is 5.21. The van der Waals surface area contributed by atoms with E-state index in [-0.39, 0.29) is 11.9 Å². The number of thiophene rings is 2. The monoisotopic (exact) mass is 424 g/mol. The van der Waals surface area contributed by atoms with Crippen LogP contribution in [0, 0.1) is 0 Å². The number of carbonyl (C=O) groups excluding carboxylic acids is 1. The first-order chi connectivity index (χ1) is 14.0.